The maximum atomic E-state index is 11.9. The van der Waals surface area contributed by atoms with Gasteiger partial charge in [-0.15, -0.1) is 0 Å². The normalized spacial score (nSPS) is 9.70. The first kappa shape index (κ1) is 13.9. The van der Waals surface area contributed by atoms with Crippen molar-refractivity contribution >= 4 is 11.6 Å². The number of rotatable bonds is 3. The highest BCUT2D eigenvalue weighted by Crippen LogP contribution is 2.15. The van der Waals surface area contributed by atoms with Crippen molar-refractivity contribution in [2.75, 3.05) is 11.9 Å². The molecule has 0 fully saturated rings. The molecule has 0 saturated carbocycles. The third kappa shape index (κ3) is 3.50. The van der Waals surface area contributed by atoms with E-state index in [9.17, 15) is 4.79 Å². The second-order valence-electron chi connectivity index (χ2n) is 4.34. The Balaban J connectivity index is 2.15. The zero-order valence-corrected chi connectivity index (χ0v) is 11.2. The van der Waals surface area contributed by atoms with Gasteiger partial charge >= 0.3 is 0 Å². The molecule has 0 aliphatic carbocycles. The van der Waals surface area contributed by atoms with Gasteiger partial charge in [-0.1, -0.05) is 17.9 Å². The minimum atomic E-state index is -0.187. The molecule has 1 aromatic heterocycles. The van der Waals surface area contributed by atoms with E-state index in [4.69, 9.17) is 5.11 Å². The van der Waals surface area contributed by atoms with Crippen LogP contribution in [0.15, 0.2) is 36.5 Å². The van der Waals surface area contributed by atoms with E-state index in [0.29, 0.717) is 17.8 Å². The number of carbonyl (C=O) groups excluding carboxylic acids is 1. The minimum Gasteiger partial charge on any atom is -0.395 e. The number of amides is 1. The molecule has 2 aromatic rings. The van der Waals surface area contributed by atoms with Crippen molar-refractivity contribution in [3.05, 3.63) is 53.3 Å². The van der Waals surface area contributed by atoms with Crippen LogP contribution in [-0.4, -0.2) is 22.6 Å². The molecule has 1 amide bonds. The molecule has 4 nitrogen and oxygen atoms in total. The van der Waals surface area contributed by atoms with Crippen LogP contribution in [0.25, 0.3) is 0 Å². The number of aromatic nitrogens is 1. The second kappa shape index (κ2) is 6.60. The molecular weight excluding hydrogens is 252 g/mol. The summed E-state index contributed by atoms with van der Waals surface area (Å²) in [5.41, 5.74) is 3.10. The standard InChI is InChI=1S/C16H16N2O2/c1-12-7-8-14(11-13(12)5-2-3-10-19)18-16(20)15-6-4-9-17-15/h4,6-9,11,17,19H,3,10H2,1H3,(H,18,20). The highest BCUT2D eigenvalue weighted by Gasteiger charge is 2.07. The minimum absolute atomic E-state index is 0.0509. The molecule has 1 heterocycles. The number of hydrogen-bond acceptors (Lipinski definition) is 2. The fourth-order valence-corrected chi connectivity index (χ4v) is 1.72. The van der Waals surface area contributed by atoms with E-state index in [1.807, 2.05) is 25.1 Å². The Hall–Kier alpha value is -2.51. The van der Waals surface area contributed by atoms with Gasteiger partial charge in [0.25, 0.3) is 5.91 Å². The van der Waals surface area contributed by atoms with Crippen LogP contribution in [0.4, 0.5) is 5.69 Å². The van der Waals surface area contributed by atoms with Crippen LogP contribution in [0, 0.1) is 18.8 Å². The van der Waals surface area contributed by atoms with Gasteiger partial charge in [0.2, 0.25) is 0 Å². The molecule has 102 valence electrons. The molecule has 2 rings (SSSR count). The van der Waals surface area contributed by atoms with Crippen LogP contribution >= 0.6 is 0 Å². The molecule has 4 heteroatoms. The van der Waals surface area contributed by atoms with Crippen molar-refractivity contribution in [2.45, 2.75) is 13.3 Å². The van der Waals surface area contributed by atoms with Gasteiger partial charge in [0.15, 0.2) is 0 Å². The Morgan fingerprint density at radius 2 is 2.25 bits per heavy atom. The van der Waals surface area contributed by atoms with Crippen LogP contribution < -0.4 is 5.32 Å². The zero-order chi connectivity index (χ0) is 14.4. The molecule has 0 aliphatic heterocycles. The van der Waals surface area contributed by atoms with Crippen molar-refractivity contribution < 1.29 is 9.90 Å². The highest BCUT2D eigenvalue weighted by atomic mass is 16.2. The predicted octanol–water partition coefficient (Wildman–Crippen LogP) is 2.31. The number of aliphatic hydroxyl groups is 1. The fourth-order valence-electron chi connectivity index (χ4n) is 1.72. The summed E-state index contributed by atoms with van der Waals surface area (Å²) in [5, 5.41) is 11.5. The highest BCUT2D eigenvalue weighted by molar-refractivity contribution is 6.03. The molecule has 0 spiro atoms. The van der Waals surface area contributed by atoms with E-state index in [1.54, 1.807) is 18.3 Å². The van der Waals surface area contributed by atoms with E-state index in [-0.39, 0.29) is 12.5 Å². The summed E-state index contributed by atoms with van der Waals surface area (Å²) >= 11 is 0. The molecule has 0 aliphatic rings. The largest absolute Gasteiger partial charge is 0.395 e. The van der Waals surface area contributed by atoms with Gasteiger partial charge in [-0.2, -0.15) is 0 Å². The summed E-state index contributed by atoms with van der Waals surface area (Å²) in [5.74, 6) is 5.69. The summed E-state index contributed by atoms with van der Waals surface area (Å²) in [6.07, 6.45) is 2.15. The van der Waals surface area contributed by atoms with Gasteiger partial charge in [0.05, 0.1) is 6.61 Å². The number of anilines is 1. The molecule has 20 heavy (non-hydrogen) atoms. The van der Waals surface area contributed by atoms with Gasteiger partial charge in [-0.3, -0.25) is 4.79 Å². The Morgan fingerprint density at radius 3 is 2.95 bits per heavy atom. The smallest absolute Gasteiger partial charge is 0.272 e. The maximum absolute atomic E-state index is 11.9. The SMILES string of the molecule is Cc1ccc(NC(=O)c2ccc[nH]2)cc1C#CCCO. The van der Waals surface area contributed by atoms with Crippen LogP contribution in [-0.2, 0) is 0 Å². The summed E-state index contributed by atoms with van der Waals surface area (Å²) in [4.78, 5) is 14.8. The zero-order valence-electron chi connectivity index (χ0n) is 11.2. The van der Waals surface area contributed by atoms with Crippen molar-refractivity contribution in [1.82, 2.24) is 4.98 Å². The average Bonchev–Trinajstić information content (AvgIpc) is 2.96. The second-order valence-corrected chi connectivity index (χ2v) is 4.34. The summed E-state index contributed by atoms with van der Waals surface area (Å²) in [6, 6.07) is 9.07. The fraction of sp³-hybridized carbons (Fsp3) is 0.188. The van der Waals surface area contributed by atoms with Crippen LogP contribution in [0.1, 0.15) is 28.0 Å². The topological polar surface area (TPSA) is 65.1 Å². The van der Waals surface area contributed by atoms with Gasteiger partial charge in [-0.05, 0) is 36.8 Å². The summed E-state index contributed by atoms with van der Waals surface area (Å²) in [6.45, 7) is 2.01. The number of nitrogens with one attached hydrogen (secondary N) is 2. The van der Waals surface area contributed by atoms with Crippen LogP contribution in [0.3, 0.4) is 0 Å². The molecule has 0 radical (unpaired) electrons. The Bertz CT molecular complexity index is 649. The summed E-state index contributed by atoms with van der Waals surface area (Å²) < 4.78 is 0. The van der Waals surface area contributed by atoms with Crippen LogP contribution in [0.2, 0.25) is 0 Å². The molecule has 0 saturated heterocycles. The molecule has 0 atom stereocenters. The van der Waals surface area contributed by atoms with E-state index in [1.165, 1.54) is 0 Å². The third-order valence-corrected chi connectivity index (χ3v) is 2.80. The van der Waals surface area contributed by atoms with Crippen molar-refractivity contribution in [3.8, 4) is 11.8 Å². The Morgan fingerprint density at radius 1 is 1.40 bits per heavy atom. The first-order valence-corrected chi connectivity index (χ1v) is 6.36. The van der Waals surface area contributed by atoms with E-state index in [2.05, 4.69) is 22.1 Å². The van der Waals surface area contributed by atoms with Gasteiger partial charge < -0.3 is 15.4 Å². The van der Waals surface area contributed by atoms with E-state index >= 15 is 0 Å². The van der Waals surface area contributed by atoms with E-state index in [0.717, 1.165) is 11.1 Å². The number of benzene rings is 1. The average molecular weight is 268 g/mol. The summed E-state index contributed by atoms with van der Waals surface area (Å²) in [7, 11) is 0. The number of aliphatic hydroxyl groups excluding tert-OH is 1. The number of aryl methyl sites for hydroxylation is 1. The quantitative estimate of drug-likeness (QED) is 0.748. The van der Waals surface area contributed by atoms with Crippen molar-refractivity contribution in [3.63, 3.8) is 0 Å². The lowest BCUT2D eigenvalue weighted by Crippen LogP contribution is -2.12. The van der Waals surface area contributed by atoms with Crippen molar-refractivity contribution in [1.29, 1.82) is 0 Å². The van der Waals surface area contributed by atoms with E-state index < -0.39 is 0 Å². The Kier molecular flexibility index (Phi) is 4.59. The van der Waals surface area contributed by atoms with Gasteiger partial charge in [0, 0.05) is 23.9 Å². The molecule has 0 bridgehead atoms. The number of H-pyrrole nitrogens is 1. The lowest BCUT2D eigenvalue weighted by atomic mass is 10.1. The predicted molar refractivity (Wildman–Crippen MR) is 78.5 cm³/mol. The number of carbonyl (C=O) groups is 1. The monoisotopic (exact) mass is 268 g/mol. The molecule has 0 unspecified atom stereocenters. The Labute approximate surface area is 117 Å². The lowest BCUT2D eigenvalue weighted by Gasteiger charge is -2.06. The first-order chi connectivity index (χ1) is 9.70. The van der Waals surface area contributed by atoms with Crippen LogP contribution in [0.5, 0.6) is 0 Å². The molecule has 3 N–H and O–H groups in total. The number of hydrogen-bond donors (Lipinski definition) is 3. The van der Waals surface area contributed by atoms with Crippen molar-refractivity contribution in [2.24, 2.45) is 0 Å². The first-order valence-electron chi connectivity index (χ1n) is 6.36. The lowest BCUT2D eigenvalue weighted by molar-refractivity contribution is 0.102. The molecular formula is C16H16N2O2. The molecule has 1 aromatic carbocycles. The van der Waals surface area contributed by atoms with Gasteiger partial charge in [0.1, 0.15) is 5.69 Å². The third-order valence-electron chi connectivity index (χ3n) is 2.80. The number of aromatic amines is 1. The maximum Gasteiger partial charge on any atom is 0.272 e. The van der Waals surface area contributed by atoms with Gasteiger partial charge in [-0.25, -0.2) is 0 Å².